The average Bonchev–Trinajstić information content (AvgIpc) is 3.37. The lowest BCUT2D eigenvalue weighted by Crippen LogP contribution is -2.47. The number of nitrogens with one attached hydrogen (secondary N) is 1. The molecule has 10 heteroatoms. The van der Waals surface area contributed by atoms with Crippen molar-refractivity contribution >= 4 is 39.0 Å². The van der Waals surface area contributed by atoms with Gasteiger partial charge in [-0.25, -0.2) is 9.97 Å². The van der Waals surface area contributed by atoms with Crippen LogP contribution in [0.3, 0.4) is 0 Å². The maximum absolute atomic E-state index is 13.1. The van der Waals surface area contributed by atoms with Crippen LogP contribution in [-0.2, 0) is 16.0 Å². The second-order valence-corrected chi connectivity index (χ2v) is 7.72. The Balaban J connectivity index is 1.65. The van der Waals surface area contributed by atoms with Crippen molar-refractivity contribution in [1.82, 2.24) is 24.8 Å². The lowest BCUT2D eigenvalue weighted by molar-refractivity contribution is -0.137. The molecule has 31 heavy (non-hydrogen) atoms. The summed E-state index contributed by atoms with van der Waals surface area (Å²) in [7, 11) is 0. The number of nitrogens with zero attached hydrogens (tertiary/aromatic N) is 4. The quantitative estimate of drug-likeness (QED) is 0.424. The number of Topliss-reactive ketones (excluding diaryl/α,β-unsaturated/α-hetero) is 1. The highest BCUT2D eigenvalue weighted by Gasteiger charge is 2.28. The summed E-state index contributed by atoms with van der Waals surface area (Å²) in [5, 5.41) is 5.44. The number of carbonyl (C=O) groups excluding carboxylic acids is 3. The Morgan fingerprint density at radius 1 is 1.16 bits per heavy atom. The van der Waals surface area contributed by atoms with Gasteiger partial charge in [0, 0.05) is 25.0 Å². The maximum Gasteiger partial charge on any atom is 0.287 e. The van der Waals surface area contributed by atoms with Gasteiger partial charge in [0.25, 0.3) is 11.8 Å². The van der Waals surface area contributed by atoms with Gasteiger partial charge in [0.05, 0.1) is 10.9 Å². The predicted molar refractivity (Wildman–Crippen MR) is 115 cm³/mol. The summed E-state index contributed by atoms with van der Waals surface area (Å²) in [5.74, 6) is -1.48. The van der Waals surface area contributed by atoms with Crippen molar-refractivity contribution in [3.8, 4) is 5.82 Å². The van der Waals surface area contributed by atoms with Crippen LogP contribution in [0.15, 0.2) is 54.4 Å². The third-order valence-corrected chi connectivity index (χ3v) is 5.78. The number of thiophene rings is 1. The Bertz CT molecular complexity index is 1280. The minimum atomic E-state index is -1.12. The largest absolute Gasteiger partial charge is 0.363 e. The van der Waals surface area contributed by atoms with E-state index >= 15 is 0 Å². The number of aromatic nitrogens is 4. The van der Waals surface area contributed by atoms with Gasteiger partial charge in [-0.2, -0.15) is 0 Å². The van der Waals surface area contributed by atoms with E-state index in [1.807, 2.05) is 11.4 Å². The molecule has 0 radical (unpaired) electrons. The molecule has 0 aliphatic carbocycles. The summed E-state index contributed by atoms with van der Waals surface area (Å²) in [4.78, 5) is 49.7. The Morgan fingerprint density at radius 2 is 2.00 bits per heavy atom. The van der Waals surface area contributed by atoms with Crippen LogP contribution in [0.5, 0.6) is 0 Å². The van der Waals surface area contributed by atoms with Crippen molar-refractivity contribution in [2.24, 2.45) is 5.73 Å². The Labute approximate surface area is 181 Å². The minimum Gasteiger partial charge on any atom is -0.363 e. The van der Waals surface area contributed by atoms with E-state index in [0.29, 0.717) is 11.6 Å². The highest BCUT2D eigenvalue weighted by Crippen LogP contribution is 2.26. The number of carbonyl (C=O) groups is 3. The smallest absolute Gasteiger partial charge is 0.287 e. The Morgan fingerprint density at radius 3 is 2.74 bits per heavy atom. The van der Waals surface area contributed by atoms with Crippen LogP contribution in [0.25, 0.3) is 15.9 Å². The van der Waals surface area contributed by atoms with Gasteiger partial charge in [-0.15, -0.1) is 11.3 Å². The van der Waals surface area contributed by atoms with Crippen LogP contribution in [0.1, 0.15) is 21.9 Å². The number of amides is 2. The number of hydrogen-bond donors (Lipinski definition) is 2. The summed E-state index contributed by atoms with van der Waals surface area (Å²) >= 11 is 1.47. The first-order valence-corrected chi connectivity index (χ1v) is 10.2. The second kappa shape index (κ2) is 8.44. The first kappa shape index (κ1) is 20.4. The fourth-order valence-corrected chi connectivity index (χ4v) is 4.25. The zero-order chi connectivity index (χ0) is 22.0. The van der Waals surface area contributed by atoms with E-state index < -0.39 is 23.6 Å². The molecule has 4 aromatic heterocycles. The molecule has 0 spiro atoms. The third kappa shape index (κ3) is 4.05. The zero-order valence-electron chi connectivity index (χ0n) is 16.5. The van der Waals surface area contributed by atoms with E-state index in [-0.39, 0.29) is 12.1 Å². The molecule has 0 fully saturated rings. The summed E-state index contributed by atoms with van der Waals surface area (Å²) in [5.41, 5.74) is 6.25. The molecule has 3 N–H and O–H groups in total. The number of imidazole rings is 1. The maximum atomic E-state index is 13.1. The van der Waals surface area contributed by atoms with Crippen LogP contribution in [0, 0.1) is 6.92 Å². The second-order valence-electron chi connectivity index (χ2n) is 6.81. The molecule has 0 aliphatic heterocycles. The molecule has 4 heterocycles. The summed E-state index contributed by atoms with van der Waals surface area (Å²) in [6, 6.07) is 6.00. The highest BCUT2D eigenvalue weighted by molar-refractivity contribution is 7.17. The molecule has 4 rings (SSSR count). The first-order chi connectivity index (χ1) is 15.0. The predicted octanol–water partition coefficient (Wildman–Crippen LogP) is 1.58. The minimum absolute atomic E-state index is 0.119. The van der Waals surface area contributed by atoms with E-state index in [0.717, 1.165) is 15.6 Å². The lowest BCUT2D eigenvalue weighted by atomic mass is 10.0. The van der Waals surface area contributed by atoms with Gasteiger partial charge in [0.15, 0.2) is 0 Å². The van der Waals surface area contributed by atoms with Gasteiger partial charge in [0.2, 0.25) is 5.78 Å². The number of rotatable bonds is 7. The number of ketones is 1. The van der Waals surface area contributed by atoms with Crippen LogP contribution in [-0.4, -0.2) is 43.2 Å². The fraction of sp³-hybridized carbons (Fsp3) is 0.143. The van der Waals surface area contributed by atoms with Crippen molar-refractivity contribution in [3.63, 3.8) is 0 Å². The lowest BCUT2D eigenvalue weighted by Gasteiger charge is -2.17. The number of pyridine rings is 2. The SMILES string of the molecule is Cc1ncc(C(=O)NC(Cc2csc3cnccc23)C(=O)C(N)=O)n1-c1ccccn1. The van der Waals surface area contributed by atoms with Crippen molar-refractivity contribution in [3.05, 3.63) is 71.5 Å². The number of fused-ring (bicyclic) bond motifs is 1. The number of nitrogens with two attached hydrogens (primary N) is 1. The topological polar surface area (TPSA) is 133 Å². The Hall–Kier alpha value is -3.92. The van der Waals surface area contributed by atoms with Crippen molar-refractivity contribution in [2.75, 3.05) is 0 Å². The van der Waals surface area contributed by atoms with Gasteiger partial charge in [-0.3, -0.25) is 23.9 Å². The molecule has 0 saturated heterocycles. The molecular formula is C21H18N6O3S. The van der Waals surface area contributed by atoms with E-state index in [9.17, 15) is 14.4 Å². The number of hydrogen-bond acceptors (Lipinski definition) is 7. The molecule has 4 aromatic rings. The molecule has 1 atom stereocenters. The monoisotopic (exact) mass is 434 g/mol. The molecule has 0 saturated carbocycles. The summed E-state index contributed by atoms with van der Waals surface area (Å²) in [6.07, 6.45) is 6.49. The molecule has 2 amide bonds. The van der Waals surface area contributed by atoms with Gasteiger partial charge in [-0.05, 0) is 41.5 Å². The average molecular weight is 434 g/mol. The highest BCUT2D eigenvalue weighted by atomic mass is 32.1. The normalized spacial score (nSPS) is 11.9. The Kier molecular flexibility index (Phi) is 5.54. The number of aryl methyl sites for hydroxylation is 1. The molecule has 1 unspecified atom stereocenters. The molecule has 0 bridgehead atoms. The zero-order valence-corrected chi connectivity index (χ0v) is 17.3. The van der Waals surface area contributed by atoms with Crippen LogP contribution in [0.2, 0.25) is 0 Å². The fourth-order valence-electron chi connectivity index (χ4n) is 3.31. The van der Waals surface area contributed by atoms with Crippen molar-refractivity contribution in [2.45, 2.75) is 19.4 Å². The van der Waals surface area contributed by atoms with E-state index in [1.165, 1.54) is 17.5 Å². The first-order valence-electron chi connectivity index (χ1n) is 9.36. The van der Waals surface area contributed by atoms with Gasteiger partial charge >= 0.3 is 0 Å². The standard InChI is InChI=1S/C21H18N6O3S/c1-12-25-9-16(27(12)18-4-2-3-6-24-18)21(30)26-15(19(28)20(22)29)8-13-11-31-17-10-23-7-5-14(13)17/h2-7,9-11,15H,8H2,1H3,(H2,22,29)(H,26,30). The van der Waals surface area contributed by atoms with Gasteiger partial charge in [-0.1, -0.05) is 6.07 Å². The van der Waals surface area contributed by atoms with Crippen LogP contribution < -0.4 is 11.1 Å². The van der Waals surface area contributed by atoms with Crippen LogP contribution >= 0.6 is 11.3 Å². The van der Waals surface area contributed by atoms with Crippen molar-refractivity contribution < 1.29 is 14.4 Å². The van der Waals surface area contributed by atoms with E-state index in [4.69, 9.17) is 5.73 Å². The van der Waals surface area contributed by atoms with Gasteiger partial charge in [0.1, 0.15) is 23.4 Å². The molecule has 0 aliphatic rings. The summed E-state index contributed by atoms with van der Waals surface area (Å²) < 4.78 is 2.52. The molecule has 0 aromatic carbocycles. The van der Waals surface area contributed by atoms with Gasteiger partial charge < -0.3 is 11.1 Å². The number of primary amides is 1. The molecule has 156 valence electrons. The van der Waals surface area contributed by atoms with Crippen molar-refractivity contribution in [1.29, 1.82) is 0 Å². The summed E-state index contributed by atoms with van der Waals surface area (Å²) in [6.45, 7) is 1.74. The van der Waals surface area contributed by atoms with Crippen LogP contribution in [0.4, 0.5) is 0 Å². The molecular weight excluding hydrogens is 416 g/mol. The third-order valence-electron chi connectivity index (χ3n) is 4.80. The van der Waals surface area contributed by atoms with E-state index in [2.05, 4.69) is 20.3 Å². The van der Waals surface area contributed by atoms with E-state index in [1.54, 1.807) is 48.3 Å². The molecule has 9 nitrogen and oxygen atoms in total.